The van der Waals surface area contributed by atoms with Crippen molar-refractivity contribution in [3.63, 3.8) is 0 Å². The lowest BCUT2D eigenvalue weighted by atomic mass is 9.95. The van der Waals surface area contributed by atoms with Crippen molar-refractivity contribution in [2.24, 2.45) is 5.16 Å². The Hall–Kier alpha value is -2.64. The van der Waals surface area contributed by atoms with Crippen molar-refractivity contribution in [3.8, 4) is 11.5 Å². The number of phenolic OH excluding ortho intramolecular Hbond substituents is 1. The molecule has 0 spiro atoms. The first-order valence-corrected chi connectivity index (χ1v) is 12.7. The number of methoxy groups -OCH3 is 1. The van der Waals surface area contributed by atoms with E-state index in [-0.39, 0.29) is 30.4 Å². The molecule has 0 bridgehead atoms. The predicted molar refractivity (Wildman–Crippen MR) is 134 cm³/mol. The van der Waals surface area contributed by atoms with E-state index in [1.54, 1.807) is 6.92 Å². The summed E-state index contributed by atoms with van der Waals surface area (Å²) in [7, 11) is 0.264. The fourth-order valence-electron chi connectivity index (χ4n) is 3.20. The minimum Gasteiger partial charge on any atom is -0.507 e. The number of carbonyl (C=O) groups excluding carboxylic acids is 2. The van der Waals surface area contributed by atoms with Crippen molar-refractivity contribution in [3.05, 3.63) is 33.9 Å². The number of carbonyl (C=O) groups is 2. The molecule has 1 aromatic rings. The quantitative estimate of drug-likeness (QED) is 0.148. The zero-order valence-electron chi connectivity index (χ0n) is 21.4. The maximum Gasteiger partial charge on any atom is 0.342 e. The van der Waals surface area contributed by atoms with Crippen LogP contribution in [0.5, 0.6) is 11.5 Å². The van der Waals surface area contributed by atoms with Crippen LogP contribution >= 0.6 is 8.30 Å². The third-order valence-electron chi connectivity index (χ3n) is 4.72. The molecule has 0 saturated heterocycles. The second-order valence-corrected chi connectivity index (χ2v) is 9.02. The largest absolute Gasteiger partial charge is 0.507 e. The van der Waals surface area contributed by atoms with Crippen molar-refractivity contribution in [1.82, 2.24) is 5.09 Å². The molecule has 9 nitrogen and oxygen atoms in total. The van der Waals surface area contributed by atoms with Gasteiger partial charge in [-0.15, -0.1) is 0 Å². The minimum atomic E-state index is -1.27. The Kier molecular flexibility index (Phi) is 12.6. The molecule has 1 heterocycles. The SMILES string of the molecule is CC.CCOC(=O)CNP(C/C(C)=C/Cc1c(O)c2c(c(C)c1OC)COC2=O)ON=C(C)C. The molecule has 34 heavy (non-hydrogen) atoms. The van der Waals surface area contributed by atoms with Crippen molar-refractivity contribution in [2.75, 3.05) is 26.4 Å². The molecule has 190 valence electrons. The molecule has 1 aliphatic rings. The first kappa shape index (κ1) is 29.4. The summed E-state index contributed by atoms with van der Waals surface area (Å²) in [5.74, 6) is -0.469. The number of benzene rings is 1. The van der Waals surface area contributed by atoms with E-state index in [2.05, 4.69) is 10.2 Å². The Balaban J connectivity index is 0.00000281. The summed E-state index contributed by atoms with van der Waals surface area (Å²) >= 11 is 0. The van der Waals surface area contributed by atoms with Crippen LogP contribution in [0, 0.1) is 6.92 Å². The molecule has 0 fully saturated rings. The highest BCUT2D eigenvalue weighted by Crippen LogP contribution is 2.42. The van der Waals surface area contributed by atoms with Gasteiger partial charge in [0.25, 0.3) is 0 Å². The second-order valence-electron chi connectivity index (χ2n) is 7.47. The molecule has 0 aromatic heterocycles. The number of ether oxygens (including phenoxy) is 3. The molecule has 0 amide bonds. The van der Waals surface area contributed by atoms with Crippen LogP contribution in [0.3, 0.4) is 0 Å². The Morgan fingerprint density at radius 2 is 1.97 bits per heavy atom. The predicted octanol–water partition coefficient (Wildman–Crippen LogP) is 4.77. The average molecular weight is 497 g/mol. The second kappa shape index (κ2) is 14.6. The van der Waals surface area contributed by atoms with Gasteiger partial charge in [0.15, 0.2) is 8.30 Å². The number of nitrogens with zero attached hydrogens (tertiary/aromatic N) is 1. The van der Waals surface area contributed by atoms with Crippen LogP contribution in [-0.4, -0.2) is 49.2 Å². The Morgan fingerprint density at radius 3 is 2.56 bits per heavy atom. The fraction of sp³-hybridized carbons (Fsp3) is 0.542. The van der Waals surface area contributed by atoms with Crippen LogP contribution in [0.15, 0.2) is 16.8 Å². The van der Waals surface area contributed by atoms with Gasteiger partial charge in [-0.1, -0.05) is 30.7 Å². The van der Waals surface area contributed by atoms with Gasteiger partial charge in [-0.25, -0.2) is 4.79 Å². The van der Waals surface area contributed by atoms with E-state index in [9.17, 15) is 14.7 Å². The van der Waals surface area contributed by atoms with E-state index in [1.165, 1.54) is 7.11 Å². The highest BCUT2D eigenvalue weighted by molar-refractivity contribution is 7.50. The van der Waals surface area contributed by atoms with Crippen LogP contribution in [0.4, 0.5) is 0 Å². The number of fused-ring (bicyclic) bond motifs is 1. The maximum atomic E-state index is 12.1. The zero-order valence-corrected chi connectivity index (χ0v) is 22.3. The van der Waals surface area contributed by atoms with Crippen molar-refractivity contribution in [1.29, 1.82) is 0 Å². The van der Waals surface area contributed by atoms with Gasteiger partial charge in [-0.3, -0.25) is 9.88 Å². The van der Waals surface area contributed by atoms with E-state index in [4.69, 9.17) is 18.8 Å². The summed E-state index contributed by atoms with van der Waals surface area (Å²) in [5, 5.41) is 17.8. The first-order chi connectivity index (χ1) is 16.2. The van der Waals surface area contributed by atoms with E-state index >= 15 is 0 Å². The molecular weight excluding hydrogens is 459 g/mol. The molecule has 2 N–H and O–H groups in total. The van der Waals surface area contributed by atoms with Crippen molar-refractivity contribution < 1.29 is 33.5 Å². The number of rotatable bonds is 11. The zero-order chi connectivity index (χ0) is 25.8. The molecule has 1 aromatic carbocycles. The number of allylic oxidation sites excluding steroid dienone is 2. The maximum absolute atomic E-state index is 12.1. The lowest BCUT2D eigenvalue weighted by Crippen LogP contribution is -2.22. The molecule has 1 atom stereocenters. The van der Waals surface area contributed by atoms with Gasteiger partial charge >= 0.3 is 11.9 Å². The fourth-order valence-corrected chi connectivity index (χ4v) is 4.58. The number of esters is 2. The number of hydrogen-bond donors (Lipinski definition) is 2. The van der Waals surface area contributed by atoms with Crippen LogP contribution in [0.2, 0.25) is 0 Å². The summed E-state index contributed by atoms with van der Waals surface area (Å²) < 4.78 is 21.1. The molecule has 10 heteroatoms. The average Bonchev–Trinajstić information content (AvgIpc) is 3.20. The van der Waals surface area contributed by atoms with Crippen molar-refractivity contribution in [2.45, 2.75) is 61.5 Å². The van der Waals surface area contributed by atoms with Gasteiger partial charge in [-0.2, -0.15) is 0 Å². The molecule has 0 radical (unpaired) electrons. The third kappa shape index (κ3) is 7.99. The van der Waals surface area contributed by atoms with E-state index in [0.29, 0.717) is 36.1 Å². The van der Waals surface area contributed by atoms with E-state index < -0.39 is 14.3 Å². The topological polar surface area (TPSA) is 116 Å². The van der Waals surface area contributed by atoms with Gasteiger partial charge < -0.3 is 23.9 Å². The number of cyclic esters (lactones) is 1. The molecule has 1 unspecified atom stereocenters. The number of nitrogens with one attached hydrogen (secondary N) is 1. The summed E-state index contributed by atoms with van der Waals surface area (Å²) in [4.78, 5) is 23.7. The summed E-state index contributed by atoms with van der Waals surface area (Å²) in [6, 6.07) is 0. The lowest BCUT2D eigenvalue weighted by Gasteiger charge is -2.17. The van der Waals surface area contributed by atoms with Crippen LogP contribution in [-0.2, 0) is 31.9 Å². The normalized spacial score (nSPS) is 13.2. The number of phenols is 1. The Morgan fingerprint density at radius 1 is 1.29 bits per heavy atom. The van der Waals surface area contributed by atoms with Gasteiger partial charge in [0.05, 0.1) is 19.4 Å². The lowest BCUT2D eigenvalue weighted by molar-refractivity contribution is -0.141. The van der Waals surface area contributed by atoms with Gasteiger partial charge in [-0.05, 0) is 46.6 Å². The van der Waals surface area contributed by atoms with E-state index in [1.807, 2.05) is 47.6 Å². The standard InChI is InChI=1S/C22H31N2O7P.C2H6/c1-7-29-18(25)10-23-32(31-24-13(2)3)12-14(4)8-9-16-20(26)19-17(11-30-22(19)27)15(5)21(16)28-6;1-2/h8,23,26H,7,9-12H2,1-6H3;1-2H3/b14-8+;. The van der Waals surface area contributed by atoms with Gasteiger partial charge in [0, 0.05) is 17.3 Å². The highest BCUT2D eigenvalue weighted by atomic mass is 31.2. The number of hydrogen-bond acceptors (Lipinski definition) is 9. The first-order valence-electron chi connectivity index (χ1n) is 11.3. The smallest absolute Gasteiger partial charge is 0.342 e. The van der Waals surface area contributed by atoms with Crippen molar-refractivity contribution >= 4 is 25.9 Å². The monoisotopic (exact) mass is 496 g/mol. The summed E-state index contributed by atoms with van der Waals surface area (Å²) in [5.41, 5.74) is 3.88. The molecule has 0 aliphatic carbocycles. The van der Waals surface area contributed by atoms with Crippen LogP contribution in [0.25, 0.3) is 0 Å². The number of aromatic hydroxyl groups is 1. The van der Waals surface area contributed by atoms with Crippen LogP contribution < -0.4 is 9.82 Å². The molecular formula is C24H37N2O7P. The third-order valence-corrected chi connectivity index (χ3v) is 6.30. The summed E-state index contributed by atoms with van der Waals surface area (Å²) in [6.07, 6.45) is 2.77. The minimum absolute atomic E-state index is 0.0197. The Bertz CT molecular complexity index is 925. The molecule has 2 rings (SSSR count). The molecule has 1 aliphatic heterocycles. The summed E-state index contributed by atoms with van der Waals surface area (Å²) in [6.45, 7) is 13.6. The van der Waals surface area contributed by atoms with Crippen LogP contribution in [0.1, 0.15) is 68.6 Å². The number of oxime groups is 1. The Labute approximate surface area is 203 Å². The van der Waals surface area contributed by atoms with Gasteiger partial charge in [0.2, 0.25) is 0 Å². The molecule has 0 saturated carbocycles. The highest BCUT2D eigenvalue weighted by Gasteiger charge is 2.31. The van der Waals surface area contributed by atoms with Gasteiger partial charge in [0.1, 0.15) is 30.2 Å². The van der Waals surface area contributed by atoms with E-state index in [0.717, 1.165) is 16.8 Å².